The maximum Gasteiger partial charge on any atom is 0.230 e. The van der Waals surface area contributed by atoms with Crippen LogP contribution in [0.3, 0.4) is 0 Å². The third-order valence-electron chi connectivity index (χ3n) is 4.77. The summed E-state index contributed by atoms with van der Waals surface area (Å²) < 4.78 is 0. The van der Waals surface area contributed by atoms with Crippen molar-refractivity contribution in [3.8, 4) is 0 Å². The molecule has 2 aromatic carbocycles. The molecule has 0 spiro atoms. The van der Waals surface area contributed by atoms with E-state index in [0.29, 0.717) is 11.8 Å². The van der Waals surface area contributed by atoms with Crippen LogP contribution in [0.4, 0.5) is 0 Å². The van der Waals surface area contributed by atoms with Gasteiger partial charge in [0.2, 0.25) is 5.91 Å². The highest BCUT2D eigenvalue weighted by atomic mass is 32.2. The molecule has 3 nitrogen and oxygen atoms in total. The van der Waals surface area contributed by atoms with Crippen LogP contribution in [-0.2, 0) is 11.2 Å². The SMILES string of the molecule is O=C(CSc1ccccc1)N[C@@H]1CCCN(CCCc2ccccc2)C1. The van der Waals surface area contributed by atoms with E-state index in [0.717, 1.165) is 37.4 Å². The van der Waals surface area contributed by atoms with E-state index in [2.05, 4.69) is 40.5 Å². The van der Waals surface area contributed by atoms with Crippen LogP contribution in [0.1, 0.15) is 24.8 Å². The minimum Gasteiger partial charge on any atom is -0.351 e. The molecule has 3 rings (SSSR count). The average molecular weight is 369 g/mol. The lowest BCUT2D eigenvalue weighted by Crippen LogP contribution is -2.48. The number of amides is 1. The maximum atomic E-state index is 12.2. The number of nitrogens with zero attached hydrogens (tertiary/aromatic N) is 1. The Kier molecular flexibility index (Phi) is 7.59. The molecule has 1 N–H and O–H groups in total. The van der Waals surface area contributed by atoms with E-state index in [4.69, 9.17) is 0 Å². The van der Waals surface area contributed by atoms with Gasteiger partial charge in [0, 0.05) is 17.5 Å². The number of hydrogen-bond acceptors (Lipinski definition) is 3. The molecular weight excluding hydrogens is 340 g/mol. The number of hydrogen-bond donors (Lipinski definition) is 1. The van der Waals surface area contributed by atoms with Crippen molar-refractivity contribution in [2.45, 2.75) is 36.6 Å². The lowest BCUT2D eigenvalue weighted by atomic mass is 10.0. The zero-order chi connectivity index (χ0) is 18.0. The van der Waals surface area contributed by atoms with Crippen molar-refractivity contribution in [3.05, 3.63) is 66.2 Å². The predicted octanol–water partition coefficient (Wildman–Crippen LogP) is 3.99. The summed E-state index contributed by atoms with van der Waals surface area (Å²) in [5, 5.41) is 3.23. The molecule has 1 aliphatic heterocycles. The first-order valence-corrected chi connectivity index (χ1v) is 10.5. The molecule has 4 heteroatoms. The molecule has 26 heavy (non-hydrogen) atoms. The van der Waals surface area contributed by atoms with Crippen molar-refractivity contribution >= 4 is 17.7 Å². The van der Waals surface area contributed by atoms with E-state index in [1.54, 1.807) is 11.8 Å². The van der Waals surface area contributed by atoms with Crippen molar-refractivity contribution in [1.29, 1.82) is 0 Å². The van der Waals surface area contributed by atoms with Gasteiger partial charge in [0.1, 0.15) is 0 Å². The Morgan fingerprint density at radius 3 is 2.58 bits per heavy atom. The van der Waals surface area contributed by atoms with Crippen LogP contribution in [0.2, 0.25) is 0 Å². The first-order chi connectivity index (χ1) is 12.8. The van der Waals surface area contributed by atoms with Gasteiger partial charge in [0.15, 0.2) is 0 Å². The van der Waals surface area contributed by atoms with Crippen LogP contribution in [0.5, 0.6) is 0 Å². The molecule has 1 aliphatic rings. The fraction of sp³-hybridized carbons (Fsp3) is 0.409. The number of thioether (sulfide) groups is 1. The van der Waals surface area contributed by atoms with Crippen molar-refractivity contribution in [3.63, 3.8) is 0 Å². The summed E-state index contributed by atoms with van der Waals surface area (Å²) in [6.07, 6.45) is 4.57. The molecule has 1 amide bonds. The Hall–Kier alpha value is -1.78. The second-order valence-electron chi connectivity index (χ2n) is 6.90. The van der Waals surface area contributed by atoms with E-state index < -0.39 is 0 Å². The van der Waals surface area contributed by atoms with Gasteiger partial charge >= 0.3 is 0 Å². The van der Waals surface area contributed by atoms with E-state index in [9.17, 15) is 4.79 Å². The minimum atomic E-state index is 0.148. The first kappa shape index (κ1) is 19.0. The Labute approximate surface area is 161 Å². The Balaban J connectivity index is 1.35. The van der Waals surface area contributed by atoms with Crippen molar-refractivity contribution < 1.29 is 4.79 Å². The third-order valence-corrected chi connectivity index (χ3v) is 5.78. The van der Waals surface area contributed by atoms with Gasteiger partial charge in [0.05, 0.1) is 5.75 Å². The van der Waals surface area contributed by atoms with E-state index in [-0.39, 0.29) is 5.91 Å². The van der Waals surface area contributed by atoms with Crippen LogP contribution in [-0.4, -0.2) is 42.2 Å². The number of piperidine rings is 1. The second-order valence-corrected chi connectivity index (χ2v) is 7.95. The summed E-state index contributed by atoms with van der Waals surface area (Å²) in [4.78, 5) is 15.9. The molecule has 0 aromatic heterocycles. The molecule has 2 aromatic rings. The minimum absolute atomic E-state index is 0.148. The molecule has 0 aliphatic carbocycles. The van der Waals surface area contributed by atoms with Gasteiger partial charge in [-0.2, -0.15) is 0 Å². The topological polar surface area (TPSA) is 32.3 Å². The molecule has 1 saturated heterocycles. The van der Waals surface area contributed by atoms with Crippen molar-refractivity contribution in [2.24, 2.45) is 0 Å². The Morgan fingerprint density at radius 2 is 1.81 bits per heavy atom. The number of benzene rings is 2. The molecule has 0 unspecified atom stereocenters. The highest BCUT2D eigenvalue weighted by molar-refractivity contribution is 8.00. The standard InChI is InChI=1S/C22H28N2OS/c25-22(18-26-21-13-5-2-6-14-21)23-20-12-8-16-24(17-20)15-7-11-19-9-3-1-4-10-19/h1-6,9-10,13-14,20H,7-8,11-12,15-18H2,(H,23,25)/t20-/m1/s1. The first-order valence-electron chi connectivity index (χ1n) is 9.53. The van der Waals surface area contributed by atoms with Gasteiger partial charge in [-0.05, 0) is 56.5 Å². The number of carbonyl (C=O) groups excluding carboxylic acids is 1. The molecule has 0 radical (unpaired) electrons. The van der Waals surface area contributed by atoms with Gasteiger partial charge < -0.3 is 10.2 Å². The van der Waals surface area contributed by atoms with E-state index >= 15 is 0 Å². The van der Waals surface area contributed by atoms with Gasteiger partial charge in [-0.3, -0.25) is 4.79 Å². The van der Waals surface area contributed by atoms with E-state index in [1.807, 2.05) is 30.3 Å². The molecule has 0 saturated carbocycles. The summed E-state index contributed by atoms with van der Waals surface area (Å²) in [6.45, 7) is 3.25. The van der Waals surface area contributed by atoms with Gasteiger partial charge in [-0.1, -0.05) is 48.5 Å². The van der Waals surface area contributed by atoms with Crippen LogP contribution in [0.15, 0.2) is 65.6 Å². The normalized spacial score (nSPS) is 17.8. The van der Waals surface area contributed by atoms with Crippen LogP contribution in [0.25, 0.3) is 0 Å². The van der Waals surface area contributed by atoms with Crippen LogP contribution in [0, 0.1) is 0 Å². The maximum absolute atomic E-state index is 12.2. The molecule has 1 fully saturated rings. The van der Waals surface area contributed by atoms with Crippen molar-refractivity contribution in [1.82, 2.24) is 10.2 Å². The Morgan fingerprint density at radius 1 is 1.08 bits per heavy atom. The lowest BCUT2D eigenvalue weighted by Gasteiger charge is -2.33. The highest BCUT2D eigenvalue weighted by Gasteiger charge is 2.21. The average Bonchev–Trinajstić information content (AvgIpc) is 2.68. The molecular formula is C22H28N2OS. The zero-order valence-corrected chi connectivity index (χ0v) is 16.1. The number of rotatable bonds is 8. The molecule has 138 valence electrons. The fourth-order valence-corrected chi connectivity index (χ4v) is 4.19. The predicted molar refractivity (Wildman–Crippen MR) is 110 cm³/mol. The summed E-state index contributed by atoms with van der Waals surface area (Å²) >= 11 is 1.60. The highest BCUT2D eigenvalue weighted by Crippen LogP contribution is 2.17. The summed E-state index contributed by atoms with van der Waals surface area (Å²) in [5.74, 6) is 0.643. The number of likely N-dealkylation sites (tertiary alicyclic amines) is 1. The molecule has 0 bridgehead atoms. The molecule has 1 heterocycles. The van der Waals surface area contributed by atoms with Gasteiger partial charge in [0.25, 0.3) is 0 Å². The zero-order valence-electron chi connectivity index (χ0n) is 15.3. The number of aryl methyl sites for hydroxylation is 1. The quantitative estimate of drug-likeness (QED) is 0.715. The van der Waals surface area contributed by atoms with Crippen LogP contribution >= 0.6 is 11.8 Å². The molecule has 1 atom stereocenters. The van der Waals surface area contributed by atoms with Crippen molar-refractivity contribution in [2.75, 3.05) is 25.4 Å². The van der Waals surface area contributed by atoms with E-state index in [1.165, 1.54) is 18.4 Å². The van der Waals surface area contributed by atoms with Gasteiger partial charge in [-0.25, -0.2) is 0 Å². The lowest BCUT2D eigenvalue weighted by molar-refractivity contribution is -0.119. The number of nitrogens with one attached hydrogen (secondary N) is 1. The fourth-order valence-electron chi connectivity index (χ4n) is 3.46. The Bertz CT molecular complexity index is 662. The number of carbonyl (C=O) groups is 1. The van der Waals surface area contributed by atoms with Gasteiger partial charge in [-0.15, -0.1) is 11.8 Å². The van der Waals surface area contributed by atoms with Crippen LogP contribution < -0.4 is 5.32 Å². The monoisotopic (exact) mass is 368 g/mol. The summed E-state index contributed by atoms with van der Waals surface area (Å²) in [5.41, 5.74) is 1.41. The second kappa shape index (κ2) is 10.4. The smallest absolute Gasteiger partial charge is 0.230 e. The third kappa shape index (κ3) is 6.50. The summed E-state index contributed by atoms with van der Waals surface area (Å²) in [7, 11) is 0. The summed E-state index contributed by atoms with van der Waals surface area (Å²) in [6, 6.07) is 21.1. The largest absolute Gasteiger partial charge is 0.351 e.